The Balaban J connectivity index is 2.21. The van der Waals surface area contributed by atoms with Gasteiger partial charge in [0.2, 0.25) is 10.0 Å². The minimum atomic E-state index is -3.57. The lowest BCUT2D eigenvalue weighted by Crippen LogP contribution is -2.27. The lowest BCUT2D eigenvalue weighted by atomic mass is 10.1. The maximum atomic E-state index is 12.4. The molecule has 0 saturated carbocycles. The van der Waals surface area contributed by atoms with Crippen LogP contribution in [-0.4, -0.2) is 13.5 Å². The van der Waals surface area contributed by atoms with E-state index < -0.39 is 16.1 Å². The van der Waals surface area contributed by atoms with Crippen LogP contribution in [0.3, 0.4) is 0 Å². The molecule has 0 amide bonds. The zero-order valence-corrected chi connectivity index (χ0v) is 13.6. The summed E-state index contributed by atoms with van der Waals surface area (Å²) in [4.78, 5) is 1.21. The Hall–Kier alpha value is -1.21. The summed E-state index contributed by atoms with van der Waals surface area (Å²) in [5, 5.41) is 11.4. The molecule has 2 rings (SSSR count). The van der Waals surface area contributed by atoms with Gasteiger partial charge in [-0.05, 0) is 42.5 Å². The summed E-state index contributed by atoms with van der Waals surface area (Å²) < 4.78 is 27.5. The summed E-state index contributed by atoms with van der Waals surface area (Å²) in [6.07, 6.45) is 0.0788. The van der Waals surface area contributed by atoms with E-state index in [0.717, 1.165) is 4.88 Å². The van der Waals surface area contributed by atoms with Crippen molar-refractivity contribution >= 4 is 21.4 Å². The quantitative estimate of drug-likeness (QED) is 0.857. The summed E-state index contributed by atoms with van der Waals surface area (Å²) in [6, 6.07) is 9.92. The average molecular weight is 325 g/mol. The minimum Gasteiger partial charge on any atom is -0.389 e. The maximum absolute atomic E-state index is 12.4. The fourth-order valence-electron chi connectivity index (χ4n) is 2.01. The van der Waals surface area contributed by atoms with Crippen molar-refractivity contribution in [1.29, 1.82) is 0 Å². The molecular weight excluding hydrogens is 306 g/mol. The van der Waals surface area contributed by atoms with Gasteiger partial charge in [-0.3, -0.25) is 0 Å². The van der Waals surface area contributed by atoms with Crippen molar-refractivity contribution in [3.8, 4) is 0 Å². The summed E-state index contributed by atoms with van der Waals surface area (Å²) in [7, 11) is -3.57. The van der Waals surface area contributed by atoms with Crippen LogP contribution in [-0.2, 0) is 10.0 Å². The molecule has 0 radical (unpaired) electrons. The van der Waals surface area contributed by atoms with Gasteiger partial charge in [0.1, 0.15) is 0 Å². The zero-order valence-electron chi connectivity index (χ0n) is 12.0. The van der Waals surface area contributed by atoms with Gasteiger partial charge < -0.3 is 5.11 Å². The van der Waals surface area contributed by atoms with Gasteiger partial charge in [-0.15, -0.1) is 11.3 Å². The van der Waals surface area contributed by atoms with Gasteiger partial charge in [-0.25, -0.2) is 13.1 Å². The number of aliphatic hydroxyl groups excluding tert-OH is 1. The lowest BCUT2D eigenvalue weighted by molar-refractivity contribution is 0.199. The molecule has 0 saturated heterocycles. The molecule has 1 heterocycles. The fraction of sp³-hybridized carbons (Fsp3) is 0.333. The Kier molecular flexibility index (Phi) is 5.16. The van der Waals surface area contributed by atoms with Crippen molar-refractivity contribution in [2.75, 3.05) is 0 Å². The highest BCUT2D eigenvalue weighted by Gasteiger charge is 2.21. The molecule has 0 bridgehead atoms. The smallest absolute Gasteiger partial charge is 0.241 e. The Bertz CT molecular complexity index is 661. The van der Waals surface area contributed by atoms with Gasteiger partial charge in [-0.2, -0.15) is 0 Å². The van der Waals surface area contributed by atoms with E-state index in [1.165, 1.54) is 23.5 Å². The van der Waals surface area contributed by atoms with E-state index in [1.54, 1.807) is 19.1 Å². The molecule has 0 aliphatic carbocycles. The number of sulfonamides is 1. The first-order chi connectivity index (χ1) is 9.94. The second-order valence-corrected chi connectivity index (χ2v) is 7.54. The molecule has 1 aromatic heterocycles. The van der Waals surface area contributed by atoms with E-state index >= 15 is 0 Å². The molecule has 0 aliphatic rings. The van der Waals surface area contributed by atoms with Gasteiger partial charge in [-0.1, -0.05) is 25.1 Å². The van der Waals surface area contributed by atoms with Crippen LogP contribution >= 0.6 is 11.3 Å². The normalized spacial score (nSPS) is 14.8. The molecule has 0 spiro atoms. The van der Waals surface area contributed by atoms with Gasteiger partial charge in [0.15, 0.2) is 0 Å². The Morgan fingerprint density at radius 3 is 2.38 bits per heavy atom. The third-order valence-electron chi connectivity index (χ3n) is 3.27. The van der Waals surface area contributed by atoms with E-state index in [9.17, 15) is 13.5 Å². The number of hydrogen-bond acceptors (Lipinski definition) is 4. The molecule has 2 aromatic rings. The third-order valence-corrected chi connectivity index (χ3v) is 5.74. The number of thiophene rings is 1. The summed E-state index contributed by atoms with van der Waals surface area (Å²) in [5.41, 5.74) is 0.694. The van der Waals surface area contributed by atoms with Crippen molar-refractivity contribution in [1.82, 2.24) is 4.72 Å². The molecule has 6 heteroatoms. The Morgan fingerprint density at radius 2 is 1.90 bits per heavy atom. The van der Waals surface area contributed by atoms with E-state index in [2.05, 4.69) is 4.72 Å². The highest BCUT2D eigenvalue weighted by molar-refractivity contribution is 7.89. The predicted molar refractivity (Wildman–Crippen MR) is 84.7 cm³/mol. The Labute approximate surface area is 129 Å². The van der Waals surface area contributed by atoms with E-state index in [0.29, 0.717) is 12.0 Å². The summed E-state index contributed by atoms with van der Waals surface area (Å²) in [6.45, 7) is 3.59. The van der Waals surface area contributed by atoms with Crippen LogP contribution in [0.25, 0.3) is 0 Å². The van der Waals surface area contributed by atoms with Crippen molar-refractivity contribution in [2.24, 2.45) is 0 Å². The molecular formula is C15H19NO3S2. The molecule has 2 atom stereocenters. The van der Waals surface area contributed by atoms with Crippen LogP contribution in [0.5, 0.6) is 0 Å². The standard InChI is InChI=1S/C15H19NO3S2/c1-3-14(15-5-4-10-20-15)16-21(18,19)13-8-6-12(7-9-13)11(2)17/h4-11,14,16-17H,3H2,1-2H3. The highest BCUT2D eigenvalue weighted by atomic mass is 32.2. The third kappa shape index (κ3) is 3.91. The second kappa shape index (κ2) is 6.70. The zero-order chi connectivity index (χ0) is 15.5. The van der Waals surface area contributed by atoms with Crippen LogP contribution in [0.1, 0.15) is 42.9 Å². The van der Waals surface area contributed by atoms with E-state index in [1.807, 2.05) is 24.4 Å². The Morgan fingerprint density at radius 1 is 1.24 bits per heavy atom. The number of nitrogens with one attached hydrogen (secondary N) is 1. The number of hydrogen-bond donors (Lipinski definition) is 2. The molecule has 2 N–H and O–H groups in total. The first kappa shape index (κ1) is 16.2. The fourth-order valence-corrected chi connectivity index (χ4v) is 4.25. The molecule has 0 fully saturated rings. The minimum absolute atomic E-state index is 0.210. The first-order valence-electron chi connectivity index (χ1n) is 6.78. The van der Waals surface area contributed by atoms with Crippen molar-refractivity contribution in [3.63, 3.8) is 0 Å². The summed E-state index contributed by atoms with van der Waals surface area (Å²) in [5.74, 6) is 0. The molecule has 21 heavy (non-hydrogen) atoms. The van der Waals surface area contributed by atoms with Crippen molar-refractivity contribution < 1.29 is 13.5 Å². The SMILES string of the molecule is CCC(NS(=O)(=O)c1ccc(C(C)O)cc1)c1cccs1. The predicted octanol–water partition coefficient (Wildman–Crippen LogP) is 3.23. The van der Waals surface area contributed by atoms with Crippen LogP contribution in [0, 0.1) is 0 Å². The molecule has 114 valence electrons. The van der Waals surface area contributed by atoms with Gasteiger partial charge in [0, 0.05) is 4.88 Å². The largest absolute Gasteiger partial charge is 0.389 e. The molecule has 4 nitrogen and oxygen atoms in total. The van der Waals surface area contributed by atoms with Crippen molar-refractivity contribution in [2.45, 2.75) is 37.3 Å². The van der Waals surface area contributed by atoms with Gasteiger partial charge in [0.05, 0.1) is 17.0 Å². The van der Waals surface area contributed by atoms with Crippen molar-refractivity contribution in [3.05, 3.63) is 52.2 Å². The number of rotatable bonds is 6. The van der Waals surface area contributed by atoms with Crippen LogP contribution in [0.2, 0.25) is 0 Å². The van der Waals surface area contributed by atoms with Crippen LogP contribution < -0.4 is 4.72 Å². The summed E-state index contributed by atoms with van der Waals surface area (Å²) >= 11 is 1.54. The number of aliphatic hydroxyl groups is 1. The van der Waals surface area contributed by atoms with E-state index in [4.69, 9.17) is 0 Å². The van der Waals surface area contributed by atoms with Crippen LogP contribution in [0.15, 0.2) is 46.7 Å². The number of benzene rings is 1. The molecule has 2 unspecified atom stereocenters. The second-order valence-electron chi connectivity index (χ2n) is 4.84. The monoisotopic (exact) mass is 325 g/mol. The topological polar surface area (TPSA) is 66.4 Å². The van der Waals surface area contributed by atoms with E-state index in [-0.39, 0.29) is 10.9 Å². The molecule has 1 aromatic carbocycles. The maximum Gasteiger partial charge on any atom is 0.241 e. The highest BCUT2D eigenvalue weighted by Crippen LogP contribution is 2.24. The molecule has 0 aliphatic heterocycles. The van der Waals surface area contributed by atoms with Gasteiger partial charge in [0.25, 0.3) is 0 Å². The first-order valence-corrected chi connectivity index (χ1v) is 9.14. The van der Waals surface area contributed by atoms with Gasteiger partial charge >= 0.3 is 0 Å². The average Bonchev–Trinajstić information content (AvgIpc) is 2.99. The van der Waals surface area contributed by atoms with Crippen LogP contribution in [0.4, 0.5) is 0 Å². The lowest BCUT2D eigenvalue weighted by Gasteiger charge is -2.16.